The van der Waals surface area contributed by atoms with Gasteiger partial charge in [0, 0.05) is 5.75 Å². The molecule has 0 aliphatic carbocycles. The van der Waals surface area contributed by atoms with Crippen LogP contribution in [-0.4, -0.2) is 9.80 Å². The van der Waals surface area contributed by atoms with E-state index in [2.05, 4.69) is 12.8 Å². The van der Waals surface area contributed by atoms with Gasteiger partial charge in [0.05, 0.1) is 0 Å². The summed E-state index contributed by atoms with van der Waals surface area (Å²) in [7, 11) is 0. The third-order valence-electron chi connectivity index (χ3n) is 2.56. The van der Waals surface area contributed by atoms with Gasteiger partial charge in [-0.1, -0.05) is 60.7 Å². The maximum absolute atomic E-state index is 11.7. The Kier molecular flexibility index (Phi) is 5.83. The molecule has 0 fully saturated rings. The summed E-state index contributed by atoms with van der Waals surface area (Å²) < 4.78 is 6.39. The molecule has 0 saturated carbocycles. The lowest BCUT2D eigenvalue weighted by atomic mass is 10.2. The molecule has 0 N–H and O–H groups in total. The molecule has 1 amide bonds. The van der Waals surface area contributed by atoms with Crippen LogP contribution in [-0.2, 0) is 17.1 Å². The van der Waals surface area contributed by atoms with Gasteiger partial charge in [0.1, 0.15) is 6.61 Å². The summed E-state index contributed by atoms with van der Waals surface area (Å²) in [6, 6.07) is 19.5. The summed E-state index contributed by atoms with van der Waals surface area (Å²) in [5.41, 5.74) is 2.09. The minimum Gasteiger partial charge on any atom is -0.443 e. The third-order valence-corrected chi connectivity index (χ3v) is 3.92. The Morgan fingerprint density at radius 2 is 1.55 bits per heavy atom. The van der Waals surface area contributed by atoms with Crippen molar-refractivity contribution in [2.75, 3.05) is 0 Å². The Labute approximate surface area is 128 Å². The van der Waals surface area contributed by atoms with Gasteiger partial charge >= 0.3 is 6.09 Å². The summed E-state index contributed by atoms with van der Waals surface area (Å²) >= 11 is 5.42. The molecule has 5 heteroatoms. The summed E-state index contributed by atoms with van der Waals surface area (Å²) in [5, 5.41) is 0. The van der Waals surface area contributed by atoms with Crippen molar-refractivity contribution in [1.29, 1.82) is 0 Å². The maximum Gasteiger partial charge on any atom is 0.430 e. The van der Waals surface area contributed by atoms with Crippen molar-refractivity contribution in [1.82, 2.24) is 3.71 Å². The number of hydrogen-bond acceptors (Lipinski definition) is 4. The fraction of sp³-hybridized carbons (Fsp3) is 0.133. The zero-order valence-corrected chi connectivity index (χ0v) is 12.5. The topological polar surface area (TPSA) is 29.5 Å². The second-order valence-electron chi connectivity index (χ2n) is 4.07. The molecular weight excluding hydrogens is 290 g/mol. The van der Waals surface area contributed by atoms with Crippen LogP contribution in [0.15, 0.2) is 60.7 Å². The molecule has 2 rings (SSSR count). The highest BCUT2D eigenvalue weighted by molar-refractivity contribution is 8.05. The second-order valence-corrected chi connectivity index (χ2v) is 5.65. The lowest BCUT2D eigenvalue weighted by Crippen LogP contribution is -2.16. The van der Waals surface area contributed by atoms with Gasteiger partial charge in [0.15, 0.2) is 0 Å². The highest BCUT2D eigenvalue weighted by atomic mass is 32.2. The van der Waals surface area contributed by atoms with Crippen molar-refractivity contribution in [2.45, 2.75) is 12.4 Å². The van der Waals surface area contributed by atoms with Crippen molar-refractivity contribution in [3.8, 4) is 0 Å². The van der Waals surface area contributed by atoms with Crippen LogP contribution in [0, 0.1) is 0 Å². The first kappa shape index (κ1) is 14.8. The number of hydrogen-bond donors (Lipinski definition) is 1. The fourth-order valence-electron chi connectivity index (χ4n) is 1.54. The molecule has 2 aromatic carbocycles. The molecule has 0 heterocycles. The minimum atomic E-state index is -0.460. The molecule has 0 unspecified atom stereocenters. The first-order valence-electron chi connectivity index (χ1n) is 6.12. The number of nitrogens with zero attached hydrogens (tertiary/aromatic N) is 1. The largest absolute Gasteiger partial charge is 0.443 e. The maximum atomic E-state index is 11.7. The highest BCUT2D eigenvalue weighted by Gasteiger charge is 2.12. The quantitative estimate of drug-likeness (QED) is 0.659. The number of rotatable bonds is 5. The number of carbonyl (C=O) groups is 1. The van der Waals surface area contributed by atoms with E-state index >= 15 is 0 Å². The predicted molar refractivity (Wildman–Crippen MR) is 85.2 cm³/mol. The molecule has 3 nitrogen and oxygen atoms in total. The summed E-state index contributed by atoms with van der Waals surface area (Å²) in [5.74, 6) is 0.671. The molecule has 20 heavy (non-hydrogen) atoms. The Morgan fingerprint density at radius 1 is 1.00 bits per heavy atom. The van der Waals surface area contributed by atoms with E-state index in [0.717, 1.165) is 11.1 Å². The molecule has 0 spiro atoms. The molecule has 0 atom stereocenters. The zero-order valence-electron chi connectivity index (χ0n) is 10.8. The lowest BCUT2D eigenvalue weighted by Gasteiger charge is -2.14. The Bertz CT molecular complexity index is 534. The molecule has 0 saturated heterocycles. The van der Waals surface area contributed by atoms with Gasteiger partial charge in [0.2, 0.25) is 0 Å². The van der Waals surface area contributed by atoms with Crippen molar-refractivity contribution < 1.29 is 9.53 Å². The van der Waals surface area contributed by atoms with Crippen LogP contribution in [0.3, 0.4) is 0 Å². The molecule has 0 aliphatic rings. The van der Waals surface area contributed by atoms with E-state index in [-0.39, 0.29) is 6.61 Å². The van der Waals surface area contributed by atoms with Gasteiger partial charge in [-0.3, -0.25) is 0 Å². The number of amides is 1. The molecular formula is C15H15NO2S2. The van der Waals surface area contributed by atoms with Gasteiger partial charge < -0.3 is 4.74 Å². The number of benzene rings is 2. The van der Waals surface area contributed by atoms with Crippen LogP contribution in [0.1, 0.15) is 11.1 Å². The van der Waals surface area contributed by atoms with E-state index in [1.54, 1.807) is 0 Å². The Morgan fingerprint density at radius 3 is 2.15 bits per heavy atom. The van der Waals surface area contributed by atoms with Crippen molar-refractivity contribution in [3.05, 3.63) is 71.8 Å². The molecule has 0 bridgehead atoms. The van der Waals surface area contributed by atoms with Crippen LogP contribution in [0.4, 0.5) is 4.79 Å². The standard InChI is InChI=1S/C15H15NO2S2/c17-15(18-11-13-7-3-1-4-8-13)16(19)20-12-14-9-5-2-6-10-14/h1-10,19H,11-12H2. The summed E-state index contributed by atoms with van der Waals surface area (Å²) in [6.07, 6.45) is -0.460. The van der Waals surface area contributed by atoms with Crippen molar-refractivity contribution >= 4 is 30.9 Å². The molecule has 2 aromatic rings. The number of carbonyl (C=O) groups excluding carboxylic acids is 1. The minimum absolute atomic E-state index is 0.253. The van der Waals surface area contributed by atoms with Gasteiger partial charge in [-0.15, -0.1) is 0 Å². The first-order chi connectivity index (χ1) is 9.75. The number of thiol groups is 1. The van der Waals surface area contributed by atoms with Crippen molar-refractivity contribution in [2.24, 2.45) is 0 Å². The lowest BCUT2D eigenvalue weighted by molar-refractivity contribution is 0.136. The van der Waals surface area contributed by atoms with Crippen LogP contribution in [0.25, 0.3) is 0 Å². The molecule has 104 valence electrons. The van der Waals surface area contributed by atoms with Crippen LogP contribution in [0.5, 0.6) is 0 Å². The SMILES string of the molecule is O=C(OCc1ccccc1)N(S)SCc1ccccc1. The fourth-order valence-corrected chi connectivity index (χ4v) is 2.39. The van der Waals surface area contributed by atoms with E-state index in [1.165, 1.54) is 15.7 Å². The first-order valence-corrected chi connectivity index (χ1v) is 7.46. The summed E-state index contributed by atoms with van der Waals surface area (Å²) in [6.45, 7) is 0.253. The normalized spacial score (nSPS) is 10.1. The Hall–Kier alpha value is -1.59. The molecule has 0 radical (unpaired) electrons. The van der Waals surface area contributed by atoms with E-state index in [9.17, 15) is 4.79 Å². The Balaban J connectivity index is 1.75. The monoisotopic (exact) mass is 305 g/mol. The van der Waals surface area contributed by atoms with E-state index < -0.39 is 6.09 Å². The zero-order chi connectivity index (χ0) is 14.2. The van der Waals surface area contributed by atoms with Gasteiger partial charge in [0.25, 0.3) is 0 Å². The average molecular weight is 305 g/mol. The van der Waals surface area contributed by atoms with E-state index in [1.807, 2.05) is 60.7 Å². The van der Waals surface area contributed by atoms with Crippen LogP contribution in [0.2, 0.25) is 0 Å². The van der Waals surface area contributed by atoms with E-state index in [0.29, 0.717) is 5.75 Å². The van der Waals surface area contributed by atoms with Gasteiger partial charge in [-0.2, -0.15) is 3.71 Å². The van der Waals surface area contributed by atoms with Gasteiger partial charge in [-0.25, -0.2) is 4.79 Å². The molecule has 0 aromatic heterocycles. The number of ether oxygens (including phenoxy) is 1. The smallest absolute Gasteiger partial charge is 0.430 e. The predicted octanol–water partition coefficient (Wildman–Crippen LogP) is 4.32. The van der Waals surface area contributed by atoms with Gasteiger partial charge in [-0.05, 0) is 35.9 Å². The highest BCUT2D eigenvalue weighted by Crippen LogP contribution is 2.20. The summed E-state index contributed by atoms with van der Waals surface area (Å²) in [4.78, 5) is 11.7. The third kappa shape index (κ3) is 4.83. The van der Waals surface area contributed by atoms with Crippen molar-refractivity contribution in [3.63, 3.8) is 0 Å². The average Bonchev–Trinajstić information content (AvgIpc) is 2.52. The van der Waals surface area contributed by atoms with E-state index in [4.69, 9.17) is 4.74 Å². The molecule has 0 aliphatic heterocycles. The van der Waals surface area contributed by atoms with Crippen LogP contribution < -0.4 is 0 Å². The second kappa shape index (κ2) is 7.87. The van der Waals surface area contributed by atoms with Crippen LogP contribution >= 0.6 is 24.8 Å².